The molecule has 0 radical (unpaired) electrons. The van der Waals surface area contributed by atoms with Crippen molar-refractivity contribution in [2.24, 2.45) is 5.10 Å². The van der Waals surface area contributed by atoms with Crippen molar-refractivity contribution in [3.63, 3.8) is 0 Å². The van der Waals surface area contributed by atoms with E-state index in [-0.39, 0.29) is 16.9 Å². The number of halogens is 1. The van der Waals surface area contributed by atoms with E-state index in [1.54, 1.807) is 49.5 Å². The van der Waals surface area contributed by atoms with Crippen LogP contribution in [-0.2, 0) is 4.74 Å². The molecule has 0 spiro atoms. The summed E-state index contributed by atoms with van der Waals surface area (Å²) in [6.45, 7) is 1.07. The molecule has 0 fully saturated rings. The van der Waals surface area contributed by atoms with Crippen LogP contribution in [0.1, 0.15) is 27.0 Å². The van der Waals surface area contributed by atoms with Crippen molar-refractivity contribution in [1.82, 2.24) is 5.01 Å². The Morgan fingerprint density at radius 1 is 1.05 bits per heavy atom. The van der Waals surface area contributed by atoms with Gasteiger partial charge >= 0.3 is 6.03 Å². The number of nitrogens with zero attached hydrogens (tertiary/aromatic N) is 3. The predicted octanol–water partition coefficient (Wildman–Crippen LogP) is 4.58. The maximum Gasteiger partial charge on any atom is 0.333 e. The Morgan fingerprint density at radius 2 is 1.78 bits per heavy atom. The van der Waals surface area contributed by atoms with Gasteiger partial charge in [-0.1, -0.05) is 24.0 Å². The van der Waals surface area contributed by atoms with Crippen LogP contribution in [0.15, 0.2) is 71.8 Å². The summed E-state index contributed by atoms with van der Waals surface area (Å²) in [4.78, 5) is 27.6. The first-order chi connectivity index (χ1) is 17.9. The molecule has 0 heterocycles. The molecule has 1 N–H and O–H groups in total. The highest BCUT2D eigenvalue weighted by molar-refractivity contribution is 6.23. The summed E-state index contributed by atoms with van der Waals surface area (Å²) in [5, 5.41) is 8.34. The number of anilines is 2. The first kappa shape index (κ1) is 26.7. The van der Waals surface area contributed by atoms with E-state index in [1.807, 2.05) is 0 Å². The number of nitrogens with one attached hydrogen (secondary N) is 1. The SMILES string of the molecule is C#Cc1ccc(N(C(=O)Nc2ccc(C=NN(C)CCOC)cc2F)C(=O)c2cccc(C#C)c2)cc1. The van der Waals surface area contributed by atoms with Gasteiger partial charge in [0.05, 0.1) is 30.7 Å². The van der Waals surface area contributed by atoms with Gasteiger partial charge in [0, 0.05) is 30.8 Å². The Bertz CT molecular complexity index is 1390. The van der Waals surface area contributed by atoms with Crippen molar-refractivity contribution in [3.05, 3.63) is 94.8 Å². The molecule has 0 bridgehead atoms. The van der Waals surface area contributed by atoms with Gasteiger partial charge in [0.25, 0.3) is 5.91 Å². The molecule has 37 heavy (non-hydrogen) atoms. The number of benzene rings is 3. The number of methoxy groups -OCH3 is 1. The molecule has 8 heteroatoms. The molecule has 0 saturated carbocycles. The normalized spacial score (nSPS) is 10.4. The monoisotopic (exact) mass is 496 g/mol. The van der Waals surface area contributed by atoms with Gasteiger partial charge in [0.2, 0.25) is 0 Å². The first-order valence-corrected chi connectivity index (χ1v) is 11.2. The second-order valence-corrected chi connectivity index (χ2v) is 7.84. The van der Waals surface area contributed by atoms with Crippen molar-refractivity contribution in [2.45, 2.75) is 0 Å². The van der Waals surface area contributed by atoms with E-state index in [4.69, 9.17) is 17.6 Å². The van der Waals surface area contributed by atoms with Crippen LogP contribution in [-0.4, -0.2) is 50.5 Å². The third kappa shape index (κ3) is 7.04. The van der Waals surface area contributed by atoms with E-state index < -0.39 is 17.8 Å². The zero-order chi connectivity index (χ0) is 26.8. The molecule has 0 aliphatic carbocycles. The summed E-state index contributed by atoms with van der Waals surface area (Å²) >= 11 is 0. The van der Waals surface area contributed by atoms with Crippen molar-refractivity contribution in [2.75, 3.05) is 37.5 Å². The molecular formula is C29H25FN4O3. The van der Waals surface area contributed by atoms with Gasteiger partial charge in [-0.05, 0) is 60.2 Å². The number of terminal acetylenes is 2. The van der Waals surface area contributed by atoms with Crippen LogP contribution in [0.25, 0.3) is 0 Å². The zero-order valence-electron chi connectivity index (χ0n) is 20.4. The Kier molecular flexibility index (Phi) is 9.15. The fourth-order valence-corrected chi connectivity index (χ4v) is 3.24. The second-order valence-electron chi connectivity index (χ2n) is 7.84. The lowest BCUT2D eigenvalue weighted by molar-refractivity contribution is 0.0995. The maximum absolute atomic E-state index is 14.9. The summed E-state index contributed by atoms with van der Waals surface area (Å²) in [5.74, 6) is 3.60. The maximum atomic E-state index is 14.9. The van der Waals surface area contributed by atoms with Crippen LogP contribution in [0.2, 0.25) is 0 Å². The van der Waals surface area contributed by atoms with Gasteiger partial charge in [-0.15, -0.1) is 12.8 Å². The number of rotatable bonds is 8. The topological polar surface area (TPSA) is 74.2 Å². The number of carbonyl (C=O) groups is 2. The lowest BCUT2D eigenvalue weighted by atomic mass is 10.1. The molecule has 0 atom stereocenters. The van der Waals surface area contributed by atoms with Crippen LogP contribution < -0.4 is 10.2 Å². The minimum Gasteiger partial charge on any atom is -0.383 e. The number of hydrazone groups is 1. The van der Waals surface area contributed by atoms with Crippen molar-refractivity contribution in [1.29, 1.82) is 0 Å². The molecule has 186 valence electrons. The van der Waals surface area contributed by atoms with Gasteiger partial charge in [0.1, 0.15) is 5.82 Å². The fourth-order valence-electron chi connectivity index (χ4n) is 3.24. The quantitative estimate of drug-likeness (QED) is 0.282. The molecule has 3 aromatic carbocycles. The Hall–Kier alpha value is -4.92. The van der Waals surface area contributed by atoms with Crippen LogP contribution in [0.5, 0.6) is 0 Å². The van der Waals surface area contributed by atoms with E-state index in [9.17, 15) is 14.0 Å². The summed E-state index contributed by atoms with van der Waals surface area (Å²) in [7, 11) is 3.36. The summed E-state index contributed by atoms with van der Waals surface area (Å²) in [5.41, 5.74) is 1.87. The number of hydrogen-bond donors (Lipinski definition) is 1. The highest BCUT2D eigenvalue weighted by Gasteiger charge is 2.26. The summed E-state index contributed by atoms with van der Waals surface area (Å²) < 4.78 is 19.9. The zero-order valence-corrected chi connectivity index (χ0v) is 20.4. The van der Waals surface area contributed by atoms with Gasteiger partial charge in [-0.2, -0.15) is 5.10 Å². The smallest absolute Gasteiger partial charge is 0.333 e. The molecule has 7 nitrogen and oxygen atoms in total. The molecule has 0 aliphatic heterocycles. The molecule has 3 aromatic rings. The second kappa shape index (κ2) is 12.7. The van der Waals surface area contributed by atoms with Crippen molar-refractivity contribution < 1.29 is 18.7 Å². The molecule has 0 aromatic heterocycles. The average Bonchev–Trinajstić information content (AvgIpc) is 2.92. The van der Waals surface area contributed by atoms with Crippen LogP contribution in [0, 0.1) is 30.5 Å². The Labute approximate surface area is 215 Å². The molecule has 3 amide bonds. The highest BCUT2D eigenvalue weighted by atomic mass is 19.1. The van der Waals surface area contributed by atoms with Crippen LogP contribution >= 0.6 is 0 Å². The van der Waals surface area contributed by atoms with Gasteiger partial charge in [0.15, 0.2) is 0 Å². The number of ether oxygens (including phenoxy) is 1. The molecule has 0 saturated heterocycles. The summed E-state index contributed by atoms with van der Waals surface area (Å²) in [6, 6.07) is 15.9. The molecule has 0 aliphatic rings. The minimum absolute atomic E-state index is 0.106. The third-order valence-electron chi connectivity index (χ3n) is 5.23. The predicted molar refractivity (Wildman–Crippen MR) is 143 cm³/mol. The van der Waals surface area contributed by atoms with E-state index in [0.29, 0.717) is 29.8 Å². The molecule has 0 unspecified atom stereocenters. The number of hydrogen-bond acceptors (Lipinski definition) is 5. The van der Waals surface area contributed by atoms with Gasteiger partial charge in [-0.3, -0.25) is 9.80 Å². The number of urea groups is 1. The standard InChI is InChI=1S/C29H25FN4O3/c1-5-21-10-13-25(14-11-21)34(28(35)24-9-7-8-22(6-2)18-24)29(36)32-27-15-12-23(19-26(27)30)20-31-33(3)16-17-37-4/h1-2,7-15,18-20H,16-17H2,3-4H3,(H,32,36). The number of carbonyl (C=O) groups excluding carboxylic acids is 2. The summed E-state index contributed by atoms with van der Waals surface area (Å²) in [6.07, 6.45) is 12.4. The minimum atomic E-state index is -0.857. The largest absolute Gasteiger partial charge is 0.383 e. The molecular weight excluding hydrogens is 471 g/mol. The van der Waals surface area contributed by atoms with E-state index in [0.717, 1.165) is 4.90 Å². The third-order valence-corrected chi connectivity index (χ3v) is 5.23. The number of amides is 3. The van der Waals surface area contributed by atoms with Gasteiger partial charge in [-0.25, -0.2) is 14.1 Å². The lowest BCUT2D eigenvalue weighted by Gasteiger charge is -2.22. The lowest BCUT2D eigenvalue weighted by Crippen LogP contribution is -2.40. The Balaban J connectivity index is 1.87. The molecule has 3 rings (SSSR count). The van der Waals surface area contributed by atoms with Crippen LogP contribution in [0.3, 0.4) is 0 Å². The number of imide groups is 1. The Morgan fingerprint density at radius 3 is 2.43 bits per heavy atom. The van der Waals surface area contributed by atoms with Crippen molar-refractivity contribution in [3.8, 4) is 24.7 Å². The van der Waals surface area contributed by atoms with Gasteiger partial charge < -0.3 is 10.1 Å². The number of likely N-dealkylation sites (N-methyl/N-ethyl adjacent to an activating group) is 1. The van der Waals surface area contributed by atoms with Crippen LogP contribution in [0.4, 0.5) is 20.6 Å². The van der Waals surface area contributed by atoms with Crippen molar-refractivity contribution >= 4 is 29.5 Å². The first-order valence-electron chi connectivity index (χ1n) is 11.2. The van der Waals surface area contributed by atoms with E-state index in [1.165, 1.54) is 42.6 Å². The average molecular weight is 497 g/mol. The van der Waals surface area contributed by atoms with E-state index >= 15 is 0 Å². The fraction of sp³-hybridized carbons (Fsp3) is 0.138. The van der Waals surface area contributed by atoms with E-state index in [2.05, 4.69) is 22.3 Å². The highest BCUT2D eigenvalue weighted by Crippen LogP contribution is 2.22.